The summed E-state index contributed by atoms with van der Waals surface area (Å²) in [5, 5.41) is 8.52. The summed E-state index contributed by atoms with van der Waals surface area (Å²) in [5.74, 6) is 2.47. The number of anilines is 2. The highest BCUT2D eigenvalue weighted by molar-refractivity contribution is 9.10. The molecule has 22 nitrogen and oxygen atoms in total. The third kappa shape index (κ3) is 17.4. The topological polar surface area (TPSA) is 284 Å². The summed E-state index contributed by atoms with van der Waals surface area (Å²) in [4.78, 5) is 85.9. The minimum Gasteiger partial charge on any atom is -0.497 e. The number of ether oxygens (including phenoxy) is 1. The first-order valence-electron chi connectivity index (χ1n) is 36.5. The van der Waals surface area contributed by atoms with E-state index in [-0.39, 0.29) is 58.7 Å². The van der Waals surface area contributed by atoms with Crippen LogP contribution in [0.2, 0.25) is 10.0 Å². The van der Waals surface area contributed by atoms with Gasteiger partial charge in [0.15, 0.2) is 29.0 Å². The van der Waals surface area contributed by atoms with Gasteiger partial charge >= 0.3 is 12.1 Å². The van der Waals surface area contributed by atoms with Crippen molar-refractivity contribution in [1.29, 1.82) is 0 Å². The van der Waals surface area contributed by atoms with Crippen LogP contribution in [-0.2, 0) is 36.6 Å². The smallest absolute Gasteiger partial charge is 0.321 e. The lowest BCUT2D eigenvalue weighted by Gasteiger charge is -2.34. The second-order valence-electron chi connectivity index (χ2n) is 28.3. The Balaban J connectivity index is 0.000000143. The maximum atomic E-state index is 14.0. The van der Waals surface area contributed by atoms with Crippen LogP contribution in [0, 0.1) is 11.8 Å². The van der Waals surface area contributed by atoms with Crippen molar-refractivity contribution in [3.63, 3.8) is 0 Å². The number of urea groups is 2. The number of likely N-dealkylation sites (tertiary alicyclic amines) is 2. The first-order valence-corrected chi connectivity index (χ1v) is 38.0. The third-order valence-electron chi connectivity index (χ3n) is 20.8. The van der Waals surface area contributed by atoms with Gasteiger partial charge in [0, 0.05) is 68.0 Å². The number of nitrogens with zero attached hydrogens (tertiary/aromatic N) is 10. The molecule has 568 valence electrons. The van der Waals surface area contributed by atoms with E-state index in [2.05, 4.69) is 79.9 Å². The molecule has 15 rings (SSSR count). The average Bonchev–Trinajstić information content (AvgIpc) is 1.71. The molecule has 10 N–H and O–H groups in total. The highest BCUT2D eigenvalue weighted by atomic mass is 79.9. The van der Waals surface area contributed by atoms with Gasteiger partial charge in [-0.25, -0.2) is 34.6 Å². The van der Waals surface area contributed by atoms with E-state index < -0.39 is 11.1 Å². The number of carbonyl (C=O) groups excluding carboxylic acids is 4. The third-order valence-corrected chi connectivity index (χ3v) is 21.9. The fourth-order valence-corrected chi connectivity index (χ4v) is 15.4. The molecule has 0 bridgehead atoms. The van der Waals surface area contributed by atoms with E-state index in [4.69, 9.17) is 65.7 Å². The van der Waals surface area contributed by atoms with E-state index in [1.54, 1.807) is 75.3 Å². The minimum absolute atomic E-state index is 0.138. The molecule has 6 heterocycles. The number of para-hydroxylation sites is 1. The van der Waals surface area contributed by atoms with E-state index in [1.165, 1.54) is 5.56 Å². The molecule has 6 aliphatic rings. The second-order valence-corrected chi connectivity index (χ2v) is 30.0. The Morgan fingerprint density at radius 1 is 0.482 bits per heavy atom. The van der Waals surface area contributed by atoms with Crippen molar-refractivity contribution in [3.05, 3.63) is 291 Å². The Morgan fingerprint density at radius 3 is 1.35 bits per heavy atom. The highest BCUT2D eigenvalue weighted by Crippen LogP contribution is 2.43. The standard InChI is InChI=1S/2C28H28ClN5O2.C18H21N3O.C11H14BrN3O/c29-23-13-7-8-14-24(23)31-27(36)33-17-15-20(16-18-33)19-34-25(35)28(32-26(34)30,21-9-3-1-4-10-21)22-11-5-2-6-12-22;29-23-11-13-24(14-12-23)31-27(36)33-17-15-20(16-18-33)19-34-25(35)28(32-26(34)30,21-7-3-1-4-8-21)22-9-5-2-6-10-22;1-18(12-21(2)17(19)20-18)15-8-4-6-13(10-15)14-7-5-9-16(11-14)22-3;1-11(7-15(16-2)10(13)14-11)8-4-3-5-9(12)6-8/h2*1-14,20H,15-19H2,(H2,30,32)(H,31,36);4-11H,12H2,1-3H3,(H2,19,20);3-6H,7H2,1-2H3,(H2,13,14). The number of carbonyl (C=O) groups is 4. The molecule has 9 aromatic carbocycles. The number of aliphatic imine (C=N–C) groups is 4. The van der Waals surface area contributed by atoms with Gasteiger partial charge in [-0.15, -0.1) is 0 Å². The first kappa shape index (κ1) is 78.3. The fraction of sp³-hybridized carbons (Fsp3) is 0.271. The van der Waals surface area contributed by atoms with Crippen molar-refractivity contribution in [3.8, 4) is 16.9 Å². The number of benzene rings is 9. The van der Waals surface area contributed by atoms with Gasteiger partial charge < -0.3 is 53.0 Å². The van der Waals surface area contributed by atoms with E-state index >= 15 is 0 Å². The van der Waals surface area contributed by atoms with Crippen LogP contribution in [0.4, 0.5) is 21.0 Å². The highest BCUT2D eigenvalue weighted by Gasteiger charge is 2.53. The lowest BCUT2D eigenvalue weighted by Crippen LogP contribution is -2.48. The van der Waals surface area contributed by atoms with Crippen LogP contribution in [0.25, 0.3) is 11.1 Å². The zero-order valence-electron chi connectivity index (χ0n) is 62.1. The van der Waals surface area contributed by atoms with E-state index in [9.17, 15) is 19.2 Å². The van der Waals surface area contributed by atoms with Gasteiger partial charge in [-0.1, -0.05) is 215 Å². The summed E-state index contributed by atoms with van der Waals surface area (Å²) in [5.41, 5.74) is 30.5. The molecule has 0 saturated carbocycles. The maximum absolute atomic E-state index is 14.0. The van der Waals surface area contributed by atoms with Crippen molar-refractivity contribution in [2.24, 2.45) is 54.7 Å². The minimum atomic E-state index is -1.19. The zero-order valence-corrected chi connectivity index (χ0v) is 65.2. The Kier molecular flexibility index (Phi) is 24.6. The summed E-state index contributed by atoms with van der Waals surface area (Å²) < 4.78 is 6.35. The number of amides is 6. The number of likely N-dealkylation sites (N-methyl/N-ethyl adjacent to an activating group) is 1. The molecule has 6 amide bonds. The lowest BCUT2D eigenvalue weighted by atomic mass is 9.82. The molecule has 2 atom stereocenters. The summed E-state index contributed by atoms with van der Waals surface area (Å²) in [6.45, 7) is 8.90. The number of hydrogen-bond acceptors (Lipinski definition) is 16. The first-order chi connectivity index (χ1) is 53.0. The summed E-state index contributed by atoms with van der Waals surface area (Å²) in [6.07, 6.45) is 3.07. The maximum Gasteiger partial charge on any atom is 0.321 e. The van der Waals surface area contributed by atoms with Crippen LogP contribution in [0.5, 0.6) is 5.75 Å². The summed E-state index contributed by atoms with van der Waals surface area (Å²) in [7, 11) is 5.24. The zero-order chi connectivity index (χ0) is 77.7. The van der Waals surface area contributed by atoms with E-state index in [0.717, 1.165) is 81.4 Å². The number of piperidine rings is 2. The average molecular weight is 1580 g/mol. The predicted molar refractivity (Wildman–Crippen MR) is 440 cm³/mol. The number of nitrogens with two attached hydrogens (primary N) is 4. The summed E-state index contributed by atoms with van der Waals surface area (Å²) in [6, 6.07) is 76.8. The van der Waals surface area contributed by atoms with Crippen LogP contribution in [0.1, 0.15) is 72.9 Å². The summed E-state index contributed by atoms with van der Waals surface area (Å²) >= 11 is 15.5. The Hall–Kier alpha value is -11.2. The monoisotopic (exact) mass is 1580 g/mol. The van der Waals surface area contributed by atoms with Crippen LogP contribution in [0.15, 0.2) is 267 Å². The SMILES string of the molecule is CON1CC(C)(c2cccc(Br)c2)N=C1N.COc1cccc(-c2cccc(C3(C)CN(C)C(N)=N3)c2)c1.NC1=NC(c2ccccc2)(c2ccccc2)C(=O)N1CC1CCN(C(=O)Nc2ccc(Cl)cc2)CC1.NC1=NC(c2ccccc2)(c2ccccc2)C(=O)N1CC1CCN(C(=O)Nc2ccccc2Cl)CC1. The molecule has 2 unspecified atom stereocenters. The molecule has 2 saturated heterocycles. The number of guanidine groups is 4. The number of methoxy groups -OCH3 is 1. The van der Waals surface area contributed by atoms with Crippen molar-refractivity contribution in [2.45, 2.75) is 61.7 Å². The molecule has 25 heteroatoms. The van der Waals surface area contributed by atoms with Gasteiger partial charge in [-0.2, -0.15) is 0 Å². The molecular weight excluding hydrogens is 1490 g/mol. The number of hydrogen-bond donors (Lipinski definition) is 6. The molecule has 0 aromatic heterocycles. The second kappa shape index (κ2) is 34.6. The Morgan fingerprint density at radius 2 is 0.900 bits per heavy atom. The number of hydroxylamine groups is 2. The van der Waals surface area contributed by atoms with Crippen molar-refractivity contribution >= 4 is 98.2 Å². The van der Waals surface area contributed by atoms with Crippen molar-refractivity contribution < 1.29 is 28.8 Å². The van der Waals surface area contributed by atoms with Gasteiger partial charge in [-0.3, -0.25) is 24.2 Å². The van der Waals surface area contributed by atoms with Gasteiger partial charge in [0.25, 0.3) is 11.8 Å². The predicted octanol–water partition coefficient (Wildman–Crippen LogP) is 14.1. The van der Waals surface area contributed by atoms with Gasteiger partial charge in [0.05, 0.1) is 31.5 Å². The molecule has 0 spiro atoms. The van der Waals surface area contributed by atoms with Crippen molar-refractivity contribution in [2.75, 3.05) is 84.3 Å². The quantitative estimate of drug-likeness (QED) is 0.0559. The molecule has 9 aromatic rings. The molecule has 110 heavy (non-hydrogen) atoms. The van der Waals surface area contributed by atoms with E-state index in [0.29, 0.717) is 79.2 Å². The van der Waals surface area contributed by atoms with Crippen LogP contribution in [0.3, 0.4) is 0 Å². The van der Waals surface area contributed by atoms with Crippen LogP contribution in [-0.4, -0.2) is 151 Å². The molecule has 2 fully saturated rings. The number of rotatable bonds is 15. The Labute approximate surface area is 660 Å². The normalized spacial score (nSPS) is 19.3. The number of nitrogens with one attached hydrogen (secondary N) is 2. The fourth-order valence-electron chi connectivity index (χ4n) is 14.7. The van der Waals surface area contributed by atoms with Gasteiger partial charge in [-0.05, 0) is 163 Å². The molecule has 6 aliphatic heterocycles. The van der Waals surface area contributed by atoms with Crippen LogP contribution >= 0.6 is 39.1 Å². The van der Waals surface area contributed by atoms with Gasteiger partial charge in [0.1, 0.15) is 16.8 Å². The van der Waals surface area contributed by atoms with Crippen molar-refractivity contribution in [1.82, 2.24) is 29.6 Å². The number of halogens is 3. The Bertz CT molecular complexity index is 4780. The van der Waals surface area contributed by atoms with E-state index in [1.807, 2.05) is 189 Å². The van der Waals surface area contributed by atoms with Crippen LogP contribution < -0.4 is 38.3 Å². The molecule has 0 radical (unpaired) electrons. The largest absolute Gasteiger partial charge is 0.497 e. The van der Waals surface area contributed by atoms with Gasteiger partial charge in [0.2, 0.25) is 5.96 Å². The molecular formula is C85H91BrCl2N16O6. The molecule has 0 aliphatic carbocycles. The lowest BCUT2D eigenvalue weighted by molar-refractivity contribution is -0.131.